The van der Waals surface area contributed by atoms with E-state index >= 15 is 0 Å². The molecule has 0 spiro atoms. The fourth-order valence-corrected chi connectivity index (χ4v) is 1.93. The Kier molecular flexibility index (Phi) is 5.73. The van der Waals surface area contributed by atoms with E-state index in [2.05, 4.69) is 20.3 Å². The second-order valence-corrected chi connectivity index (χ2v) is 5.34. The summed E-state index contributed by atoms with van der Waals surface area (Å²) in [6.07, 6.45) is -2.26. The predicted octanol–water partition coefficient (Wildman–Crippen LogP) is 3.30. The molecule has 25 heavy (non-hydrogen) atoms. The van der Waals surface area contributed by atoms with Crippen LogP contribution in [0.15, 0.2) is 24.5 Å². The van der Waals surface area contributed by atoms with Crippen molar-refractivity contribution in [2.45, 2.75) is 19.1 Å². The Morgan fingerprint density at radius 2 is 2.12 bits per heavy atom. The highest BCUT2D eigenvalue weighted by atomic mass is 35.5. The van der Waals surface area contributed by atoms with Crippen LogP contribution in [0.25, 0.3) is 11.4 Å². The molecule has 11 heteroatoms. The Bertz CT molecular complexity index is 781. The van der Waals surface area contributed by atoms with E-state index in [0.29, 0.717) is 5.56 Å². The number of pyridine rings is 1. The van der Waals surface area contributed by atoms with Crippen molar-refractivity contribution in [2.24, 2.45) is 0 Å². The standard InChI is InChI=1S/C14H12ClF4N5O.2H2/c1-7(13(25)22-6-14(17,18)19)23-12-9(16)5-21-11(24-12)8-2-3-20-10(15)4-8;;/h2-5,7H,6H2,1H3,(H,22,25)(H,21,23,24);2*1H/t7-;;/m0../s1. The first kappa shape index (κ1) is 18.8. The molecular formula is C14H16ClF4N5O. The molecule has 0 fully saturated rings. The minimum Gasteiger partial charge on any atom is -0.356 e. The molecule has 0 aliphatic heterocycles. The van der Waals surface area contributed by atoms with Gasteiger partial charge in [0.2, 0.25) is 5.91 Å². The van der Waals surface area contributed by atoms with Crippen molar-refractivity contribution in [1.29, 1.82) is 0 Å². The molecule has 0 bridgehead atoms. The van der Waals surface area contributed by atoms with Crippen LogP contribution in [-0.4, -0.2) is 39.6 Å². The second kappa shape index (κ2) is 7.60. The first-order valence-corrected chi connectivity index (χ1v) is 7.29. The molecule has 0 unspecified atom stereocenters. The summed E-state index contributed by atoms with van der Waals surface area (Å²) in [6, 6.07) is 1.85. The Balaban J connectivity index is 0.00000338. The van der Waals surface area contributed by atoms with Crippen molar-refractivity contribution in [3.63, 3.8) is 0 Å². The van der Waals surface area contributed by atoms with E-state index in [4.69, 9.17) is 11.6 Å². The molecule has 138 valence electrons. The fraction of sp³-hybridized carbons (Fsp3) is 0.286. The first-order valence-electron chi connectivity index (χ1n) is 6.91. The molecule has 0 saturated carbocycles. The van der Waals surface area contributed by atoms with E-state index in [9.17, 15) is 22.4 Å². The van der Waals surface area contributed by atoms with Crippen LogP contribution in [-0.2, 0) is 4.79 Å². The molecule has 2 N–H and O–H groups in total. The summed E-state index contributed by atoms with van der Waals surface area (Å²) in [6.45, 7) is -0.207. The number of amides is 1. The summed E-state index contributed by atoms with van der Waals surface area (Å²) < 4.78 is 50.2. The van der Waals surface area contributed by atoms with Crippen LogP contribution in [0, 0.1) is 5.82 Å². The van der Waals surface area contributed by atoms with Crippen LogP contribution in [0.5, 0.6) is 0 Å². The molecule has 2 rings (SSSR count). The van der Waals surface area contributed by atoms with Crippen LogP contribution >= 0.6 is 11.6 Å². The zero-order valence-corrected chi connectivity index (χ0v) is 13.5. The number of anilines is 1. The maximum Gasteiger partial charge on any atom is 0.405 e. The first-order chi connectivity index (χ1) is 11.7. The van der Waals surface area contributed by atoms with E-state index in [-0.39, 0.29) is 19.6 Å². The normalized spacial score (nSPS) is 12.6. The minimum absolute atomic E-state index is 0. The molecule has 2 heterocycles. The lowest BCUT2D eigenvalue weighted by Gasteiger charge is -2.16. The van der Waals surface area contributed by atoms with Gasteiger partial charge < -0.3 is 10.6 Å². The van der Waals surface area contributed by atoms with Crippen LogP contribution in [0.3, 0.4) is 0 Å². The summed E-state index contributed by atoms with van der Waals surface area (Å²) in [4.78, 5) is 23.2. The maximum absolute atomic E-state index is 13.8. The van der Waals surface area contributed by atoms with Gasteiger partial charge in [-0.1, -0.05) is 11.6 Å². The van der Waals surface area contributed by atoms with Gasteiger partial charge in [-0.05, 0) is 19.1 Å². The van der Waals surface area contributed by atoms with Gasteiger partial charge in [-0.3, -0.25) is 4.79 Å². The SMILES string of the molecule is C[C@H](Nc1nc(-c2ccnc(Cl)c2)ncc1F)C(=O)NCC(F)(F)F.[HH].[HH]. The number of carbonyl (C=O) groups excluding carboxylic acids is 1. The van der Waals surface area contributed by atoms with E-state index in [1.807, 2.05) is 0 Å². The largest absolute Gasteiger partial charge is 0.405 e. The Labute approximate surface area is 147 Å². The zero-order chi connectivity index (χ0) is 18.6. The van der Waals surface area contributed by atoms with Gasteiger partial charge in [0.1, 0.15) is 17.7 Å². The Hall–Kier alpha value is -2.49. The van der Waals surface area contributed by atoms with Gasteiger partial charge >= 0.3 is 6.18 Å². The highest BCUT2D eigenvalue weighted by Crippen LogP contribution is 2.20. The number of aromatic nitrogens is 3. The topological polar surface area (TPSA) is 79.8 Å². The van der Waals surface area contributed by atoms with Gasteiger partial charge in [-0.15, -0.1) is 0 Å². The Morgan fingerprint density at radius 3 is 2.76 bits per heavy atom. The Morgan fingerprint density at radius 1 is 1.40 bits per heavy atom. The molecule has 0 aromatic carbocycles. The van der Waals surface area contributed by atoms with E-state index in [1.54, 1.807) is 11.4 Å². The number of rotatable bonds is 5. The minimum atomic E-state index is -4.54. The van der Waals surface area contributed by atoms with E-state index in [0.717, 1.165) is 6.20 Å². The second-order valence-electron chi connectivity index (χ2n) is 4.96. The number of hydrogen-bond acceptors (Lipinski definition) is 5. The smallest absolute Gasteiger partial charge is 0.356 e. The van der Waals surface area contributed by atoms with Gasteiger partial charge in [0.05, 0.1) is 6.20 Å². The average Bonchev–Trinajstić information content (AvgIpc) is 2.53. The molecule has 0 radical (unpaired) electrons. The van der Waals surface area contributed by atoms with Crippen LogP contribution in [0.2, 0.25) is 5.15 Å². The third kappa shape index (κ3) is 5.52. The third-order valence-electron chi connectivity index (χ3n) is 2.94. The summed E-state index contributed by atoms with van der Waals surface area (Å²) in [7, 11) is 0. The number of carbonyl (C=O) groups is 1. The predicted molar refractivity (Wildman–Crippen MR) is 86.6 cm³/mol. The van der Waals surface area contributed by atoms with Crippen molar-refractivity contribution >= 4 is 23.3 Å². The number of hydrogen-bond donors (Lipinski definition) is 2. The molecular weight excluding hydrogens is 366 g/mol. The molecule has 1 atom stereocenters. The molecule has 6 nitrogen and oxygen atoms in total. The summed E-state index contributed by atoms with van der Waals surface area (Å²) in [5.74, 6) is -2.04. The molecule has 0 aliphatic rings. The molecule has 0 saturated heterocycles. The molecule has 1 amide bonds. The monoisotopic (exact) mass is 381 g/mol. The van der Waals surface area contributed by atoms with Gasteiger partial charge in [-0.25, -0.2) is 19.3 Å². The lowest BCUT2D eigenvalue weighted by molar-refractivity contribution is -0.138. The van der Waals surface area contributed by atoms with Crippen molar-refractivity contribution < 1.29 is 25.2 Å². The van der Waals surface area contributed by atoms with Crippen molar-refractivity contribution in [2.75, 3.05) is 11.9 Å². The number of alkyl halides is 3. The lowest BCUT2D eigenvalue weighted by Crippen LogP contribution is -2.42. The van der Waals surface area contributed by atoms with Gasteiger partial charge in [0.25, 0.3) is 0 Å². The van der Waals surface area contributed by atoms with Crippen LogP contribution < -0.4 is 10.6 Å². The van der Waals surface area contributed by atoms with Gasteiger partial charge in [0, 0.05) is 14.6 Å². The highest BCUT2D eigenvalue weighted by molar-refractivity contribution is 6.29. The zero-order valence-electron chi connectivity index (χ0n) is 12.7. The van der Waals surface area contributed by atoms with Crippen molar-refractivity contribution in [3.8, 4) is 11.4 Å². The number of nitrogens with zero attached hydrogens (tertiary/aromatic N) is 3. The van der Waals surface area contributed by atoms with Crippen LogP contribution in [0.1, 0.15) is 9.78 Å². The van der Waals surface area contributed by atoms with Crippen molar-refractivity contribution in [1.82, 2.24) is 20.3 Å². The van der Waals surface area contributed by atoms with Gasteiger partial charge in [-0.2, -0.15) is 13.2 Å². The van der Waals surface area contributed by atoms with E-state index < -0.39 is 30.5 Å². The molecule has 0 aliphatic carbocycles. The molecule has 2 aromatic heterocycles. The summed E-state index contributed by atoms with van der Waals surface area (Å²) in [5.41, 5.74) is 0.456. The summed E-state index contributed by atoms with van der Waals surface area (Å²) >= 11 is 5.76. The summed E-state index contributed by atoms with van der Waals surface area (Å²) in [5, 5.41) is 4.30. The quantitative estimate of drug-likeness (QED) is 0.613. The average molecular weight is 382 g/mol. The highest BCUT2D eigenvalue weighted by Gasteiger charge is 2.29. The maximum atomic E-state index is 13.8. The number of nitrogens with one attached hydrogen (secondary N) is 2. The van der Waals surface area contributed by atoms with Gasteiger partial charge in [0.15, 0.2) is 17.5 Å². The van der Waals surface area contributed by atoms with E-state index in [1.165, 1.54) is 19.2 Å². The molecule has 2 aromatic rings. The fourth-order valence-electron chi connectivity index (χ4n) is 1.76. The van der Waals surface area contributed by atoms with Crippen LogP contribution in [0.4, 0.5) is 23.4 Å². The third-order valence-corrected chi connectivity index (χ3v) is 3.15. The number of halogens is 5. The lowest BCUT2D eigenvalue weighted by atomic mass is 10.2. The van der Waals surface area contributed by atoms with Crippen molar-refractivity contribution in [3.05, 3.63) is 35.5 Å².